The van der Waals surface area contributed by atoms with E-state index >= 15 is 0 Å². The maximum atomic E-state index is 10.6. The van der Waals surface area contributed by atoms with Gasteiger partial charge in [0.05, 0.1) is 0 Å². The van der Waals surface area contributed by atoms with Crippen LogP contribution in [0.5, 0.6) is 0 Å². The van der Waals surface area contributed by atoms with Crippen LogP contribution < -0.4 is 0 Å². The largest absolute Gasteiger partial charge is 0.360 e. The quantitative estimate of drug-likeness (QED) is 0.343. The van der Waals surface area contributed by atoms with Crippen LogP contribution in [0.2, 0.25) is 0 Å². The molecule has 0 aromatic carbocycles. The van der Waals surface area contributed by atoms with E-state index in [-0.39, 0.29) is 0 Å². The van der Waals surface area contributed by atoms with E-state index in [0.717, 1.165) is 12.3 Å². The van der Waals surface area contributed by atoms with Gasteiger partial charge in [0, 0.05) is 0 Å². The molecule has 0 N–H and O–H groups in total. The Morgan fingerprint density at radius 1 is 1.43 bits per heavy atom. The van der Waals surface area contributed by atoms with Crippen LogP contribution in [0, 0.1) is 0 Å². The predicted octanol–water partition coefficient (Wildman–Crippen LogP) is 0.595. The molecule has 0 spiro atoms. The highest BCUT2D eigenvalue weighted by molar-refractivity contribution is 7.45. The average molecular weight is 117 g/mol. The minimum atomic E-state index is -0.830. The molecule has 2 fully saturated rings. The molecule has 0 aliphatic carbocycles. The third-order valence-electron chi connectivity index (χ3n) is 1.45. The summed E-state index contributed by atoms with van der Waals surface area (Å²) in [7, 11) is -0.830. The van der Waals surface area contributed by atoms with Gasteiger partial charge in [-0.3, -0.25) is 0 Å². The first-order valence-electron chi connectivity index (χ1n) is 2.44. The van der Waals surface area contributed by atoms with Gasteiger partial charge in [-0.05, 0) is 0 Å². The minimum absolute atomic E-state index is 0.406. The van der Waals surface area contributed by atoms with Crippen LogP contribution in [0.25, 0.3) is 0 Å². The van der Waals surface area contributed by atoms with Gasteiger partial charge < -0.3 is 4.74 Å². The summed E-state index contributed by atoms with van der Waals surface area (Å²) in [5.74, 6) is 0. The van der Waals surface area contributed by atoms with Gasteiger partial charge in [-0.15, -0.1) is 0 Å². The summed E-state index contributed by atoms with van der Waals surface area (Å²) in [6, 6.07) is 0. The van der Waals surface area contributed by atoms with E-state index in [2.05, 4.69) is 0 Å². The lowest BCUT2D eigenvalue weighted by molar-refractivity contribution is 0.382. The van der Waals surface area contributed by atoms with Crippen LogP contribution in [0.4, 0.5) is 0 Å². The Labute approximate surface area is 42.6 Å². The fourth-order valence-corrected chi connectivity index (χ4v) is 2.57. The molecule has 3 heteroatoms. The van der Waals surface area contributed by atoms with E-state index in [1.807, 2.05) is 0 Å². The van der Waals surface area contributed by atoms with Gasteiger partial charge in [0.25, 0.3) is 0 Å². The van der Waals surface area contributed by atoms with Gasteiger partial charge in [-0.25, -0.2) is 0 Å². The summed E-state index contributed by atoms with van der Waals surface area (Å²) in [5.41, 5.74) is 0. The molecule has 7 heavy (non-hydrogen) atoms. The SMILES string of the molecule is O=[P+]1CC2OC2C1. The van der Waals surface area contributed by atoms with Crippen molar-refractivity contribution in [3.63, 3.8) is 0 Å². The highest BCUT2D eigenvalue weighted by Gasteiger charge is 2.55. The monoisotopic (exact) mass is 117 g/mol. The molecule has 2 rings (SSSR count). The molecule has 2 aliphatic heterocycles. The highest BCUT2D eigenvalue weighted by atomic mass is 31.1. The van der Waals surface area contributed by atoms with Gasteiger partial charge in [0.15, 0.2) is 12.3 Å². The normalized spacial score (nSPS) is 51.7. The van der Waals surface area contributed by atoms with Crippen molar-refractivity contribution in [2.45, 2.75) is 12.2 Å². The average Bonchev–Trinajstić information content (AvgIpc) is 2.15. The van der Waals surface area contributed by atoms with Crippen molar-refractivity contribution in [2.24, 2.45) is 0 Å². The molecule has 0 saturated carbocycles. The molecular weight excluding hydrogens is 111 g/mol. The molecule has 2 saturated heterocycles. The molecule has 2 nitrogen and oxygen atoms in total. The Kier molecular flexibility index (Phi) is 0.608. The fourth-order valence-electron chi connectivity index (χ4n) is 0.976. The van der Waals surface area contributed by atoms with Crippen molar-refractivity contribution >= 4 is 7.80 Å². The minimum Gasteiger partial charge on any atom is -0.360 e. The number of fused-ring (bicyclic) bond motifs is 1. The Balaban J connectivity index is 2.14. The molecule has 0 amide bonds. The lowest BCUT2D eigenvalue weighted by Gasteiger charge is -1.71. The number of epoxide rings is 1. The van der Waals surface area contributed by atoms with Crippen molar-refractivity contribution in [2.75, 3.05) is 12.3 Å². The van der Waals surface area contributed by atoms with Crippen LogP contribution in [0.3, 0.4) is 0 Å². The van der Waals surface area contributed by atoms with Crippen LogP contribution in [0.15, 0.2) is 0 Å². The first kappa shape index (κ1) is 3.99. The van der Waals surface area contributed by atoms with Crippen molar-refractivity contribution in [3.8, 4) is 0 Å². The Bertz CT molecular complexity index is 111. The molecule has 0 bridgehead atoms. The lowest BCUT2D eigenvalue weighted by Crippen LogP contribution is -1.82. The third kappa shape index (κ3) is 0.505. The topological polar surface area (TPSA) is 29.6 Å². The van der Waals surface area contributed by atoms with Crippen LogP contribution in [-0.2, 0) is 9.30 Å². The Morgan fingerprint density at radius 2 is 2.00 bits per heavy atom. The Morgan fingerprint density at radius 3 is 2.29 bits per heavy atom. The molecule has 2 aliphatic rings. The van der Waals surface area contributed by atoms with Crippen molar-refractivity contribution in [3.05, 3.63) is 0 Å². The standard InChI is InChI=1S/C4H6O2P/c5-7-1-3-4(2-7)6-3/h3-4H,1-2H2/q+1. The lowest BCUT2D eigenvalue weighted by atomic mass is 10.4. The summed E-state index contributed by atoms with van der Waals surface area (Å²) < 4.78 is 15.6. The number of ether oxygens (including phenoxy) is 1. The summed E-state index contributed by atoms with van der Waals surface area (Å²) in [6.07, 6.45) is 2.48. The fraction of sp³-hybridized carbons (Fsp3) is 1.00. The van der Waals surface area contributed by atoms with Crippen molar-refractivity contribution in [1.82, 2.24) is 0 Å². The number of hydrogen-bond donors (Lipinski definition) is 0. The molecule has 2 atom stereocenters. The zero-order valence-corrected chi connectivity index (χ0v) is 4.73. The molecule has 2 unspecified atom stereocenters. The predicted molar refractivity (Wildman–Crippen MR) is 26.0 cm³/mol. The molecule has 0 aromatic rings. The van der Waals surface area contributed by atoms with Gasteiger partial charge in [-0.1, -0.05) is 4.57 Å². The van der Waals surface area contributed by atoms with Crippen molar-refractivity contribution in [1.29, 1.82) is 0 Å². The number of rotatable bonds is 0. The third-order valence-corrected chi connectivity index (χ3v) is 2.99. The van der Waals surface area contributed by atoms with E-state index in [1.54, 1.807) is 0 Å². The highest BCUT2D eigenvalue weighted by Crippen LogP contribution is 2.44. The molecule has 2 heterocycles. The van der Waals surface area contributed by atoms with Gasteiger partial charge in [-0.2, -0.15) is 0 Å². The van der Waals surface area contributed by atoms with E-state index in [9.17, 15) is 4.57 Å². The first-order chi connectivity index (χ1) is 3.36. The second kappa shape index (κ2) is 1.07. The van der Waals surface area contributed by atoms with E-state index in [0.29, 0.717) is 12.2 Å². The van der Waals surface area contributed by atoms with Gasteiger partial charge in [0.1, 0.15) is 12.2 Å². The molecular formula is C4H6O2P+. The summed E-state index contributed by atoms with van der Waals surface area (Å²) >= 11 is 0. The Hall–Kier alpha value is 0.0600. The smallest absolute Gasteiger partial charge is 0.344 e. The van der Waals surface area contributed by atoms with E-state index < -0.39 is 7.80 Å². The summed E-state index contributed by atoms with van der Waals surface area (Å²) in [5, 5.41) is 0. The second-order valence-electron chi connectivity index (χ2n) is 2.06. The molecule has 38 valence electrons. The van der Waals surface area contributed by atoms with Gasteiger partial charge in [0.2, 0.25) is 0 Å². The molecule has 0 aromatic heterocycles. The first-order valence-corrected chi connectivity index (χ1v) is 4.07. The zero-order chi connectivity index (χ0) is 4.85. The van der Waals surface area contributed by atoms with E-state index in [1.165, 1.54) is 0 Å². The van der Waals surface area contributed by atoms with Gasteiger partial charge >= 0.3 is 7.80 Å². The summed E-state index contributed by atoms with van der Waals surface area (Å²) in [4.78, 5) is 0. The van der Waals surface area contributed by atoms with Crippen molar-refractivity contribution < 1.29 is 9.30 Å². The van der Waals surface area contributed by atoms with Crippen LogP contribution >= 0.6 is 7.80 Å². The van der Waals surface area contributed by atoms with Crippen LogP contribution in [-0.4, -0.2) is 24.5 Å². The van der Waals surface area contributed by atoms with Crippen LogP contribution in [0.1, 0.15) is 0 Å². The maximum absolute atomic E-state index is 10.6. The summed E-state index contributed by atoms with van der Waals surface area (Å²) in [6.45, 7) is 0. The van der Waals surface area contributed by atoms with E-state index in [4.69, 9.17) is 4.74 Å². The zero-order valence-electron chi connectivity index (χ0n) is 3.83. The number of hydrogen-bond acceptors (Lipinski definition) is 2. The maximum Gasteiger partial charge on any atom is 0.344 e. The second-order valence-corrected chi connectivity index (χ2v) is 3.75. The molecule has 0 radical (unpaired) electrons.